The Labute approximate surface area is 94.6 Å². The molecule has 1 aromatic rings. The molecule has 16 heavy (non-hydrogen) atoms. The minimum absolute atomic E-state index is 0.253. The number of hydrogen-bond acceptors (Lipinski definition) is 3. The van der Waals surface area contributed by atoms with Crippen LogP contribution in [-0.2, 0) is 20.9 Å². The summed E-state index contributed by atoms with van der Waals surface area (Å²) < 4.78 is 5.04. The van der Waals surface area contributed by atoms with E-state index in [1.807, 2.05) is 30.3 Å². The molecule has 0 saturated carbocycles. The number of rotatable bonds is 7. The van der Waals surface area contributed by atoms with Gasteiger partial charge in [0.2, 0.25) is 0 Å². The number of carbonyl (C=O) groups excluding carboxylic acids is 2. The van der Waals surface area contributed by atoms with Crippen LogP contribution in [0.5, 0.6) is 0 Å². The van der Waals surface area contributed by atoms with Gasteiger partial charge in [0.1, 0.15) is 6.61 Å². The second-order valence-corrected chi connectivity index (χ2v) is 3.28. The van der Waals surface area contributed by atoms with Crippen molar-refractivity contribution in [2.75, 3.05) is 6.54 Å². The van der Waals surface area contributed by atoms with Crippen LogP contribution in [0.15, 0.2) is 30.3 Å². The smallest absolute Gasteiger partial charge is 0.309 e. The summed E-state index contributed by atoms with van der Waals surface area (Å²) in [6.45, 7) is 0.747. The zero-order valence-electron chi connectivity index (χ0n) is 8.94. The predicted octanol–water partition coefficient (Wildman–Crippen LogP) is 1.17. The normalized spacial score (nSPS) is 9.50. The van der Waals surface area contributed by atoms with E-state index < -0.39 is 0 Å². The van der Waals surface area contributed by atoms with Crippen molar-refractivity contribution in [2.24, 2.45) is 0 Å². The quantitative estimate of drug-likeness (QED) is 0.426. The minimum Gasteiger partial charge on any atom is -0.461 e. The van der Waals surface area contributed by atoms with Crippen LogP contribution in [0.4, 0.5) is 0 Å². The van der Waals surface area contributed by atoms with Crippen LogP contribution in [0.3, 0.4) is 0 Å². The van der Waals surface area contributed by atoms with Crippen LogP contribution in [0, 0.1) is 0 Å². The number of amides is 1. The molecule has 0 atom stereocenters. The Kier molecular flexibility index (Phi) is 5.70. The SMILES string of the molecule is O=[C]NCCCC(=O)OCc1ccccc1. The Hall–Kier alpha value is -1.84. The molecule has 0 aliphatic heterocycles. The zero-order valence-corrected chi connectivity index (χ0v) is 8.94. The third-order valence-electron chi connectivity index (χ3n) is 2.00. The molecule has 0 aromatic heterocycles. The first-order valence-electron chi connectivity index (χ1n) is 5.12. The maximum absolute atomic E-state index is 11.2. The monoisotopic (exact) mass is 220 g/mol. The molecule has 4 nitrogen and oxygen atoms in total. The van der Waals surface area contributed by atoms with Gasteiger partial charge in [-0.25, -0.2) is 0 Å². The largest absolute Gasteiger partial charge is 0.461 e. The lowest BCUT2D eigenvalue weighted by atomic mass is 10.2. The summed E-state index contributed by atoms with van der Waals surface area (Å²) in [6.07, 6.45) is 2.43. The summed E-state index contributed by atoms with van der Waals surface area (Å²) in [6, 6.07) is 9.50. The van der Waals surface area contributed by atoms with Crippen LogP contribution < -0.4 is 5.32 Å². The van der Waals surface area contributed by atoms with E-state index >= 15 is 0 Å². The molecule has 0 aliphatic carbocycles. The van der Waals surface area contributed by atoms with E-state index in [9.17, 15) is 9.59 Å². The number of hydrogen-bond donors (Lipinski definition) is 1. The van der Waals surface area contributed by atoms with Crippen molar-refractivity contribution in [1.82, 2.24) is 5.32 Å². The fourth-order valence-electron chi connectivity index (χ4n) is 1.18. The second-order valence-electron chi connectivity index (χ2n) is 3.28. The Bertz CT molecular complexity index is 324. The maximum Gasteiger partial charge on any atom is 0.309 e. The predicted molar refractivity (Wildman–Crippen MR) is 59.2 cm³/mol. The van der Waals surface area contributed by atoms with Crippen LogP contribution in [0.1, 0.15) is 18.4 Å². The third kappa shape index (κ3) is 5.14. The fraction of sp³-hybridized carbons (Fsp3) is 0.333. The van der Waals surface area contributed by atoms with Crippen LogP contribution in [-0.4, -0.2) is 18.9 Å². The molecular formula is C12H14NO3. The fourth-order valence-corrected chi connectivity index (χ4v) is 1.18. The van der Waals surface area contributed by atoms with Gasteiger partial charge in [-0.2, -0.15) is 0 Å². The highest BCUT2D eigenvalue weighted by Crippen LogP contribution is 2.02. The van der Waals surface area contributed by atoms with E-state index in [4.69, 9.17) is 4.74 Å². The second kappa shape index (κ2) is 7.45. The Morgan fingerprint density at radius 2 is 2.06 bits per heavy atom. The van der Waals surface area contributed by atoms with Gasteiger partial charge in [-0.05, 0) is 12.0 Å². The Balaban J connectivity index is 2.13. The summed E-state index contributed by atoms with van der Waals surface area (Å²) in [5, 5.41) is 2.36. The Morgan fingerprint density at radius 3 is 2.75 bits per heavy atom. The van der Waals surface area contributed by atoms with Gasteiger partial charge in [0.25, 0.3) is 0 Å². The molecule has 4 heteroatoms. The highest BCUT2D eigenvalue weighted by Gasteiger charge is 2.02. The molecule has 85 valence electrons. The summed E-state index contributed by atoms with van der Waals surface area (Å²) >= 11 is 0. The van der Waals surface area contributed by atoms with E-state index in [1.165, 1.54) is 0 Å². The van der Waals surface area contributed by atoms with Crippen molar-refractivity contribution in [3.05, 3.63) is 35.9 Å². The maximum atomic E-state index is 11.2. The van der Waals surface area contributed by atoms with Gasteiger partial charge in [0.05, 0.1) is 0 Å². The molecule has 0 fully saturated rings. The molecule has 1 N–H and O–H groups in total. The van der Waals surface area contributed by atoms with Crippen molar-refractivity contribution in [1.29, 1.82) is 0 Å². The first-order chi connectivity index (χ1) is 7.83. The van der Waals surface area contributed by atoms with Crippen LogP contribution in [0.2, 0.25) is 0 Å². The number of esters is 1. The lowest BCUT2D eigenvalue weighted by molar-refractivity contribution is -0.145. The molecule has 1 radical (unpaired) electrons. The molecule has 0 heterocycles. The lowest BCUT2D eigenvalue weighted by Crippen LogP contribution is -2.14. The standard InChI is InChI=1S/C12H14NO3/c14-10-13-8-4-7-12(15)16-9-11-5-2-1-3-6-11/h1-3,5-6H,4,7-9H2,(H,13,14). The minimum atomic E-state index is -0.253. The molecule has 1 rings (SSSR count). The van der Waals surface area contributed by atoms with E-state index in [1.54, 1.807) is 6.41 Å². The molecule has 0 bridgehead atoms. The van der Waals surface area contributed by atoms with E-state index in [-0.39, 0.29) is 5.97 Å². The van der Waals surface area contributed by atoms with Crippen molar-refractivity contribution in [3.63, 3.8) is 0 Å². The molecule has 0 unspecified atom stereocenters. The highest BCUT2D eigenvalue weighted by molar-refractivity contribution is 5.69. The average molecular weight is 220 g/mol. The average Bonchev–Trinajstić information content (AvgIpc) is 2.33. The van der Waals surface area contributed by atoms with Gasteiger partial charge in [-0.3, -0.25) is 9.59 Å². The zero-order chi connectivity index (χ0) is 11.6. The summed E-state index contributed by atoms with van der Waals surface area (Å²) in [5.74, 6) is -0.253. The van der Waals surface area contributed by atoms with Gasteiger partial charge in [-0.15, -0.1) is 0 Å². The first kappa shape index (κ1) is 12.2. The highest BCUT2D eigenvalue weighted by atomic mass is 16.5. The number of benzene rings is 1. The van der Waals surface area contributed by atoms with Gasteiger partial charge >= 0.3 is 12.4 Å². The third-order valence-corrected chi connectivity index (χ3v) is 2.00. The van der Waals surface area contributed by atoms with E-state index in [0.29, 0.717) is 26.0 Å². The van der Waals surface area contributed by atoms with Crippen LogP contribution in [0.25, 0.3) is 0 Å². The van der Waals surface area contributed by atoms with Crippen LogP contribution >= 0.6 is 0 Å². The molecule has 1 amide bonds. The van der Waals surface area contributed by atoms with Crippen molar-refractivity contribution in [3.8, 4) is 0 Å². The van der Waals surface area contributed by atoms with Crippen molar-refractivity contribution >= 4 is 12.4 Å². The Morgan fingerprint density at radius 1 is 1.31 bits per heavy atom. The topological polar surface area (TPSA) is 55.4 Å². The van der Waals surface area contributed by atoms with E-state index in [2.05, 4.69) is 5.32 Å². The van der Waals surface area contributed by atoms with Crippen molar-refractivity contribution in [2.45, 2.75) is 19.4 Å². The molecule has 0 aliphatic rings. The lowest BCUT2D eigenvalue weighted by Gasteiger charge is -2.04. The number of ether oxygens (including phenoxy) is 1. The molecular weight excluding hydrogens is 206 g/mol. The molecule has 1 aromatic carbocycles. The summed E-state index contributed by atoms with van der Waals surface area (Å²) in [4.78, 5) is 21.0. The van der Waals surface area contributed by atoms with E-state index in [0.717, 1.165) is 5.56 Å². The molecule has 0 saturated heterocycles. The number of nitrogens with one attached hydrogen (secondary N) is 1. The van der Waals surface area contributed by atoms with Gasteiger partial charge in [0.15, 0.2) is 0 Å². The summed E-state index contributed by atoms with van der Waals surface area (Å²) in [7, 11) is 0. The first-order valence-corrected chi connectivity index (χ1v) is 5.12. The van der Waals surface area contributed by atoms with Crippen molar-refractivity contribution < 1.29 is 14.3 Å². The molecule has 0 spiro atoms. The number of carbonyl (C=O) groups is 1. The van der Waals surface area contributed by atoms with Gasteiger partial charge in [0, 0.05) is 13.0 Å². The van der Waals surface area contributed by atoms with Gasteiger partial charge in [-0.1, -0.05) is 30.3 Å². The van der Waals surface area contributed by atoms with Gasteiger partial charge < -0.3 is 10.1 Å². The summed E-state index contributed by atoms with van der Waals surface area (Å²) in [5.41, 5.74) is 0.968.